The summed E-state index contributed by atoms with van der Waals surface area (Å²) in [5.41, 5.74) is 4.76. The Bertz CT molecular complexity index is 1180. The molecule has 0 aliphatic carbocycles. The van der Waals surface area contributed by atoms with Crippen LogP contribution < -0.4 is 10.2 Å². The van der Waals surface area contributed by atoms with Crippen molar-refractivity contribution >= 4 is 40.4 Å². The molecule has 31 heavy (non-hydrogen) atoms. The molecule has 0 aromatic heterocycles. The number of anilines is 2. The molecule has 0 saturated heterocycles. The number of nitrogens with zero attached hydrogens (tertiary/aromatic N) is 1. The first-order valence-electron chi connectivity index (χ1n) is 10.2. The summed E-state index contributed by atoms with van der Waals surface area (Å²) in [6.07, 6.45) is 0. The lowest BCUT2D eigenvalue weighted by Crippen LogP contribution is -2.32. The molecule has 3 aromatic rings. The Morgan fingerprint density at radius 2 is 1.55 bits per heavy atom. The third-order valence-electron chi connectivity index (χ3n) is 5.34. The van der Waals surface area contributed by atoms with Crippen LogP contribution in [0.4, 0.5) is 11.4 Å². The van der Waals surface area contributed by atoms with Crippen molar-refractivity contribution in [1.29, 1.82) is 0 Å². The molecule has 1 aliphatic heterocycles. The van der Waals surface area contributed by atoms with Crippen molar-refractivity contribution in [2.75, 3.05) is 10.2 Å². The van der Waals surface area contributed by atoms with Gasteiger partial charge >= 0.3 is 0 Å². The molecule has 3 aromatic carbocycles. The van der Waals surface area contributed by atoms with Gasteiger partial charge in [0.15, 0.2) is 0 Å². The molecule has 0 unspecified atom stereocenters. The number of benzene rings is 3. The molecule has 0 saturated carbocycles. The fourth-order valence-corrected chi connectivity index (χ4v) is 3.76. The van der Waals surface area contributed by atoms with Crippen molar-refractivity contribution in [1.82, 2.24) is 0 Å². The fraction of sp³-hybridized carbons (Fsp3) is 0.154. The van der Waals surface area contributed by atoms with Gasteiger partial charge in [-0.2, -0.15) is 0 Å². The van der Waals surface area contributed by atoms with E-state index in [-0.39, 0.29) is 11.6 Å². The molecule has 0 fully saturated rings. The smallest absolute Gasteiger partial charge is 0.282 e. The lowest BCUT2D eigenvalue weighted by Gasteiger charge is -2.15. The molecule has 1 N–H and O–H groups in total. The van der Waals surface area contributed by atoms with Gasteiger partial charge in [-0.25, -0.2) is 4.90 Å². The second-order valence-corrected chi connectivity index (χ2v) is 8.38. The summed E-state index contributed by atoms with van der Waals surface area (Å²) in [6.45, 7) is 6.23. The van der Waals surface area contributed by atoms with E-state index in [2.05, 4.69) is 19.2 Å². The highest BCUT2D eigenvalue weighted by Crippen LogP contribution is 2.34. The van der Waals surface area contributed by atoms with Crippen LogP contribution in [-0.4, -0.2) is 11.8 Å². The topological polar surface area (TPSA) is 49.4 Å². The van der Waals surface area contributed by atoms with Gasteiger partial charge in [0.2, 0.25) is 0 Å². The standard InChI is InChI=1S/C26H23ClN2O2/c1-16(2)18-11-13-21(14-12-18)28-24-23(19-9-7-17(3)8-10-19)25(30)29(26(24)31)22-6-4-5-20(27)15-22/h4-16,28H,1-3H3. The van der Waals surface area contributed by atoms with E-state index in [9.17, 15) is 9.59 Å². The maximum absolute atomic E-state index is 13.4. The number of hydrogen-bond donors (Lipinski definition) is 1. The van der Waals surface area contributed by atoms with Gasteiger partial charge in [-0.1, -0.05) is 73.5 Å². The van der Waals surface area contributed by atoms with Gasteiger partial charge in [0.25, 0.3) is 11.8 Å². The molecule has 1 heterocycles. The molecule has 2 amide bonds. The molecule has 0 bridgehead atoms. The lowest BCUT2D eigenvalue weighted by molar-refractivity contribution is -0.120. The third-order valence-corrected chi connectivity index (χ3v) is 5.57. The Hall–Kier alpha value is -3.37. The first-order chi connectivity index (χ1) is 14.8. The highest BCUT2D eigenvalue weighted by molar-refractivity contribution is 6.46. The minimum atomic E-state index is -0.407. The molecule has 156 valence electrons. The fourth-order valence-electron chi connectivity index (χ4n) is 3.58. The number of carbonyl (C=O) groups is 2. The summed E-state index contributed by atoms with van der Waals surface area (Å²) in [4.78, 5) is 28.0. The predicted octanol–water partition coefficient (Wildman–Crippen LogP) is 6.17. The van der Waals surface area contributed by atoms with Gasteiger partial charge in [-0.15, -0.1) is 0 Å². The lowest BCUT2D eigenvalue weighted by atomic mass is 10.0. The normalized spacial score (nSPS) is 14.0. The zero-order valence-electron chi connectivity index (χ0n) is 17.6. The van der Waals surface area contributed by atoms with Crippen LogP contribution in [0.2, 0.25) is 5.02 Å². The second-order valence-electron chi connectivity index (χ2n) is 7.94. The van der Waals surface area contributed by atoms with Crippen molar-refractivity contribution < 1.29 is 9.59 Å². The molecular weight excluding hydrogens is 408 g/mol. The van der Waals surface area contributed by atoms with Crippen molar-refractivity contribution in [3.8, 4) is 0 Å². The molecule has 4 rings (SSSR count). The average molecular weight is 431 g/mol. The van der Waals surface area contributed by atoms with Crippen molar-refractivity contribution in [2.24, 2.45) is 0 Å². The molecular formula is C26H23ClN2O2. The SMILES string of the molecule is Cc1ccc(C2=C(Nc3ccc(C(C)C)cc3)C(=O)N(c3cccc(Cl)c3)C2=O)cc1. The maximum Gasteiger partial charge on any atom is 0.282 e. The number of nitrogens with one attached hydrogen (secondary N) is 1. The average Bonchev–Trinajstić information content (AvgIpc) is 2.98. The Balaban J connectivity index is 1.78. The minimum absolute atomic E-state index is 0.256. The van der Waals surface area contributed by atoms with Crippen LogP contribution in [0.1, 0.15) is 36.5 Å². The van der Waals surface area contributed by atoms with Crippen LogP contribution in [-0.2, 0) is 9.59 Å². The first-order valence-corrected chi connectivity index (χ1v) is 10.6. The largest absolute Gasteiger partial charge is 0.350 e. The summed E-state index contributed by atoms with van der Waals surface area (Å²) in [6, 6.07) is 22.2. The van der Waals surface area contributed by atoms with Crippen LogP contribution in [0.5, 0.6) is 0 Å². The highest BCUT2D eigenvalue weighted by Gasteiger charge is 2.40. The van der Waals surface area contributed by atoms with Gasteiger partial charge in [0.1, 0.15) is 5.70 Å². The summed E-state index contributed by atoms with van der Waals surface area (Å²) in [7, 11) is 0. The zero-order valence-corrected chi connectivity index (χ0v) is 18.4. The Labute approximate surface area is 187 Å². The third kappa shape index (κ3) is 4.12. The van der Waals surface area contributed by atoms with E-state index in [0.717, 1.165) is 11.3 Å². The first kappa shape index (κ1) is 20.9. The quantitative estimate of drug-likeness (QED) is 0.492. The van der Waals surface area contributed by atoms with E-state index in [1.807, 2.05) is 55.5 Å². The number of imide groups is 1. The van der Waals surface area contributed by atoms with Crippen LogP contribution in [0.25, 0.3) is 5.57 Å². The monoisotopic (exact) mass is 430 g/mol. The number of carbonyl (C=O) groups excluding carboxylic acids is 2. The number of rotatable bonds is 5. The van der Waals surface area contributed by atoms with E-state index in [1.165, 1.54) is 10.5 Å². The van der Waals surface area contributed by atoms with Crippen molar-refractivity contribution in [3.63, 3.8) is 0 Å². The molecule has 5 heteroatoms. The second kappa shape index (κ2) is 8.40. The maximum atomic E-state index is 13.4. The van der Waals surface area contributed by atoms with E-state index in [0.29, 0.717) is 27.8 Å². The minimum Gasteiger partial charge on any atom is -0.350 e. The van der Waals surface area contributed by atoms with E-state index < -0.39 is 5.91 Å². The van der Waals surface area contributed by atoms with Crippen molar-refractivity contribution in [2.45, 2.75) is 26.7 Å². The van der Waals surface area contributed by atoms with Crippen LogP contribution in [0.3, 0.4) is 0 Å². The number of aryl methyl sites for hydroxylation is 1. The number of hydrogen-bond acceptors (Lipinski definition) is 3. The highest BCUT2D eigenvalue weighted by atomic mass is 35.5. The van der Waals surface area contributed by atoms with Crippen molar-refractivity contribution in [3.05, 3.63) is 100 Å². The summed E-state index contributed by atoms with van der Waals surface area (Å²) < 4.78 is 0. The zero-order chi connectivity index (χ0) is 22.1. The Morgan fingerprint density at radius 3 is 2.16 bits per heavy atom. The predicted molar refractivity (Wildman–Crippen MR) is 126 cm³/mol. The van der Waals surface area contributed by atoms with E-state index in [1.54, 1.807) is 24.3 Å². The Morgan fingerprint density at radius 1 is 0.871 bits per heavy atom. The van der Waals surface area contributed by atoms with Crippen LogP contribution in [0, 0.1) is 6.92 Å². The summed E-state index contributed by atoms with van der Waals surface area (Å²) >= 11 is 6.12. The van der Waals surface area contributed by atoms with Crippen LogP contribution in [0.15, 0.2) is 78.5 Å². The molecule has 0 spiro atoms. The van der Waals surface area contributed by atoms with Gasteiger partial charge in [0, 0.05) is 10.7 Å². The number of amides is 2. The molecule has 0 atom stereocenters. The summed E-state index contributed by atoms with van der Waals surface area (Å²) in [5.74, 6) is -0.377. The van der Waals surface area contributed by atoms with Gasteiger partial charge in [0.05, 0.1) is 11.3 Å². The van der Waals surface area contributed by atoms with Gasteiger partial charge in [-0.3, -0.25) is 9.59 Å². The molecule has 0 radical (unpaired) electrons. The summed E-state index contributed by atoms with van der Waals surface area (Å²) in [5, 5.41) is 3.66. The Kier molecular flexibility index (Phi) is 5.66. The molecule has 1 aliphatic rings. The van der Waals surface area contributed by atoms with E-state index in [4.69, 9.17) is 11.6 Å². The van der Waals surface area contributed by atoms with Gasteiger partial charge in [-0.05, 0) is 54.3 Å². The number of halogens is 1. The van der Waals surface area contributed by atoms with Crippen LogP contribution >= 0.6 is 11.6 Å². The molecule has 4 nitrogen and oxygen atoms in total. The van der Waals surface area contributed by atoms with E-state index >= 15 is 0 Å². The van der Waals surface area contributed by atoms with Gasteiger partial charge < -0.3 is 5.32 Å².